The Morgan fingerprint density at radius 3 is 2.72 bits per heavy atom. The van der Waals surface area contributed by atoms with Gasteiger partial charge in [-0.1, -0.05) is 23.8 Å². The van der Waals surface area contributed by atoms with E-state index in [1.165, 1.54) is 10.6 Å². The van der Waals surface area contributed by atoms with Gasteiger partial charge in [0.1, 0.15) is 0 Å². The quantitative estimate of drug-likeness (QED) is 0.866. The average molecular weight is 294 g/mol. The first-order valence-electron chi connectivity index (χ1n) is 4.80. The minimum absolute atomic E-state index is 0.0704. The second-order valence-electron chi connectivity index (χ2n) is 3.66. The van der Waals surface area contributed by atoms with Gasteiger partial charge in [-0.05, 0) is 6.07 Å². The van der Waals surface area contributed by atoms with Crippen LogP contribution in [0.4, 0.5) is 13.2 Å². The van der Waals surface area contributed by atoms with Crippen molar-refractivity contribution in [1.82, 2.24) is 9.38 Å². The van der Waals surface area contributed by atoms with Crippen LogP contribution >= 0.6 is 23.8 Å². The van der Waals surface area contributed by atoms with Gasteiger partial charge < -0.3 is 10.1 Å². The zero-order valence-corrected chi connectivity index (χ0v) is 10.4. The normalized spacial score (nSPS) is 12.0. The highest BCUT2D eigenvalue weighted by Gasteiger charge is 2.32. The van der Waals surface area contributed by atoms with Gasteiger partial charge in [-0.15, -0.1) is 0 Å². The summed E-state index contributed by atoms with van der Waals surface area (Å²) in [6, 6.07) is 0.842. The third-order valence-electron chi connectivity index (χ3n) is 2.32. The number of fused-ring (bicyclic) bond motifs is 1. The summed E-state index contributed by atoms with van der Waals surface area (Å²) in [6.07, 6.45) is -1.97. The molecule has 0 fully saturated rings. The molecule has 0 saturated carbocycles. The molecule has 2 heterocycles. The Balaban J connectivity index is 2.64. The zero-order chi connectivity index (χ0) is 13.5. The Bertz CT molecular complexity index is 621. The molecule has 0 aliphatic heterocycles. The van der Waals surface area contributed by atoms with Crippen LogP contribution in [0.2, 0.25) is 5.02 Å². The molecule has 0 aliphatic rings. The third-order valence-corrected chi connectivity index (χ3v) is 2.74. The molecule has 3 nitrogen and oxygen atoms in total. The molecular formula is C10H7ClF3N3S. The van der Waals surface area contributed by atoms with Crippen LogP contribution in [0.25, 0.3) is 5.65 Å². The number of thiocarbonyl (C=S) groups is 1. The van der Waals surface area contributed by atoms with Crippen molar-refractivity contribution in [2.45, 2.75) is 12.6 Å². The number of rotatable bonds is 2. The molecule has 0 saturated heterocycles. The van der Waals surface area contributed by atoms with E-state index in [9.17, 15) is 13.2 Å². The van der Waals surface area contributed by atoms with Crippen molar-refractivity contribution in [1.29, 1.82) is 0 Å². The first kappa shape index (κ1) is 13.1. The molecule has 2 rings (SSSR count). The lowest BCUT2D eigenvalue weighted by Gasteiger charge is -2.09. The Morgan fingerprint density at radius 2 is 2.17 bits per heavy atom. The maximum Gasteiger partial charge on any atom is 0.417 e. The van der Waals surface area contributed by atoms with Crippen LogP contribution in [0, 0.1) is 0 Å². The number of nitrogens with zero attached hydrogens (tertiary/aromatic N) is 2. The van der Waals surface area contributed by atoms with Gasteiger partial charge in [0, 0.05) is 24.5 Å². The Morgan fingerprint density at radius 1 is 1.50 bits per heavy atom. The number of halogens is 4. The second kappa shape index (κ2) is 4.40. The number of hydrogen-bond donors (Lipinski definition) is 1. The van der Waals surface area contributed by atoms with Crippen molar-refractivity contribution in [3.63, 3.8) is 0 Å². The number of alkyl halides is 3. The van der Waals surface area contributed by atoms with Crippen LogP contribution < -0.4 is 5.73 Å². The molecule has 96 valence electrons. The number of nitrogens with two attached hydrogens (primary N) is 1. The van der Waals surface area contributed by atoms with Gasteiger partial charge in [0.2, 0.25) is 0 Å². The van der Waals surface area contributed by atoms with Crippen molar-refractivity contribution < 1.29 is 13.2 Å². The standard InChI is InChI=1S/C10H7ClF3N3S/c11-7-1-5(10(12,13)14)4-17-6(2-8(15)18)3-16-9(7)17/h1,3-4H,2H2,(H2,15,18). The molecular weight excluding hydrogens is 287 g/mol. The number of hydrogen-bond acceptors (Lipinski definition) is 2. The number of imidazole rings is 1. The van der Waals surface area contributed by atoms with E-state index in [4.69, 9.17) is 29.6 Å². The third kappa shape index (κ3) is 2.41. The van der Waals surface area contributed by atoms with E-state index >= 15 is 0 Å². The molecule has 0 bridgehead atoms. The smallest absolute Gasteiger partial charge is 0.393 e. The summed E-state index contributed by atoms with van der Waals surface area (Å²) >= 11 is 10.5. The lowest BCUT2D eigenvalue weighted by molar-refractivity contribution is -0.137. The molecule has 2 aromatic rings. The fourth-order valence-corrected chi connectivity index (χ4v) is 1.96. The SMILES string of the molecule is NC(=S)Cc1cnc2c(Cl)cc(C(F)(F)F)cn12. The van der Waals surface area contributed by atoms with Gasteiger partial charge in [-0.25, -0.2) is 4.98 Å². The molecule has 0 spiro atoms. The molecule has 8 heteroatoms. The van der Waals surface area contributed by atoms with E-state index in [1.807, 2.05) is 0 Å². The molecule has 18 heavy (non-hydrogen) atoms. The highest BCUT2D eigenvalue weighted by Crippen LogP contribution is 2.32. The van der Waals surface area contributed by atoms with Gasteiger partial charge in [0.15, 0.2) is 5.65 Å². The molecule has 0 amide bonds. The van der Waals surface area contributed by atoms with E-state index in [1.54, 1.807) is 0 Å². The van der Waals surface area contributed by atoms with Gasteiger partial charge in [-0.3, -0.25) is 0 Å². The van der Waals surface area contributed by atoms with E-state index in [-0.39, 0.29) is 22.1 Å². The van der Waals surface area contributed by atoms with Gasteiger partial charge in [0.25, 0.3) is 0 Å². The monoisotopic (exact) mass is 293 g/mol. The Kier molecular flexibility index (Phi) is 3.20. The first-order valence-corrected chi connectivity index (χ1v) is 5.58. The maximum absolute atomic E-state index is 12.7. The highest BCUT2D eigenvalue weighted by molar-refractivity contribution is 7.80. The molecule has 0 aromatic carbocycles. The van der Waals surface area contributed by atoms with Crippen LogP contribution in [0.3, 0.4) is 0 Å². The topological polar surface area (TPSA) is 43.3 Å². The second-order valence-corrected chi connectivity index (χ2v) is 4.59. The molecule has 2 aromatic heterocycles. The van der Waals surface area contributed by atoms with Crippen LogP contribution in [-0.4, -0.2) is 14.4 Å². The predicted octanol–water partition coefficient (Wildman–Crippen LogP) is 2.84. The van der Waals surface area contributed by atoms with Gasteiger partial charge in [-0.2, -0.15) is 13.2 Å². The lowest BCUT2D eigenvalue weighted by Crippen LogP contribution is -2.13. The molecule has 0 atom stereocenters. The van der Waals surface area contributed by atoms with E-state index in [2.05, 4.69) is 4.98 Å². The largest absolute Gasteiger partial charge is 0.417 e. The maximum atomic E-state index is 12.7. The van der Waals surface area contributed by atoms with E-state index in [0.29, 0.717) is 5.69 Å². The molecule has 0 unspecified atom stereocenters. The number of pyridine rings is 1. The summed E-state index contributed by atoms with van der Waals surface area (Å²) in [5, 5.41) is -0.0704. The molecule has 0 aliphatic carbocycles. The zero-order valence-electron chi connectivity index (χ0n) is 8.83. The average Bonchev–Trinajstić information content (AvgIpc) is 2.60. The molecule has 0 radical (unpaired) electrons. The van der Waals surface area contributed by atoms with Crippen molar-refractivity contribution in [2.75, 3.05) is 0 Å². The van der Waals surface area contributed by atoms with Crippen molar-refractivity contribution in [2.24, 2.45) is 5.73 Å². The van der Waals surface area contributed by atoms with Crippen molar-refractivity contribution in [3.8, 4) is 0 Å². The Hall–Kier alpha value is -1.34. The Labute approximate surface area is 110 Å². The van der Waals surface area contributed by atoms with E-state index < -0.39 is 11.7 Å². The summed E-state index contributed by atoms with van der Waals surface area (Å²) in [7, 11) is 0. The highest BCUT2D eigenvalue weighted by atomic mass is 35.5. The summed E-state index contributed by atoms with van der Waals surface area (Å²) in [5.41, 5.74) is 5.24. The van der Waals surface area contributed by atoms with Gasteiger partial charge >= 0.3 is 6.18 Å². The first-order chi connectivity index (χ1) is 8.29. The van der Waals surface area contributed by atoms with Crippen molar-refractivity contribution in [3.05, 3.63) is 34.7 Å². The summed E-state index contributed by atoms with van der Waals surface area (Å²) in [5.74, 6) is 0. The van der Waals surface area contributed by atoms with E-state index in [0.717, 1.165) is 12.3 Å². The van der Waals surface area contributed by atoms with Crippen LogP contribution in [0.15, 0.2) is 18.5 Å². The van der Waals surface area contributed by atoms with Crippen LogP contribution in [-0.2, 0) is 12.6 Å². The minimum atomic E-state index is -4.47. The number of aromatic nitrogens is 2. The fraction of sp³-hybridized carbons (Fsp3) is 0.200. The summed E-state index contributed by atoms with van der Waals surface area (Å²) in [4.78, 5) is 4.11. The summed E-state index contributed by atoms with van der Waals surface area (Å²) in [6.45, 7) is 0. The van der Waals surface area contributed by atoms with Crippen LogP contribution in [0.5, 0.6) is 0 Å². The minimum Gasteiger partial charge on any atom is -0.393 e. The predicted molar refractivity (Wildman–Crippen MR) is 65.7 cm³/mol. The molecule has 2 N–H and O–H groups in total. The fourth-order valence-electron chi connectivity index (χ4n) is 1.56. The van der Waals surface area contributed by atoms with Crippen molar-refractivity contribution >= 4 is 34.5 Å². The van der Waals surface area contributed by atoms with Crippen LogP contribution in [0.1, 0.15) is 11.3 Å². The lowest BCUT2D eigenvalue weighted by atomic mass is 10.2. The van der Waals surface area contributed by atoms with Gasteiger partial charge in [0.05, 0.1) is 15.6 Å². The summed E-state index contributed by atoms with van der Waals surface area (Å²) < 4.78 is 39.2.